The van der Waals surface area contributed by atoms with Crippen molar-refractivity contribution in [2.24, 2.45) is 0 Å². The van der Waals surface area contributed by atoms with Crippen molar-refractivity contribution < 1.29 is 28.2 Å². The predicted molar refractivity (Wildman–Crippen MR) is 205 cm³/mol. The molecule has 16 nitrogen and oxygen atoms in total. The number of fused-ring (bicyclic) bond motifs is 8. The number of benzene rings is 2. The van der Waals surface area contributed by atoms with Gasteiger partial charge in [0.05, 0.1) is 66.3 Å². The maximum absolute atomic E-state index is 15.1. The molecule has 0 saturated carbocycles. The second kappa shape index (κ2) is 13.6. The van der Waals surface area contributed by atoms with E-state index < -0.39 is 23.8 Å². The van der Waals surface area contributed by atoms with Crippen molar-refractivity contribution in [2.45, 2.75) is 63.5 Å². The number of hydrogen-bond donors (Lipinski definition) is 2. The SMILES string of the molecule is CCO[C@H]1CN(C)C(=O)[C@@H]2C[C@@H](CN2c2nc(N3C4COCC3C4)nc3c2cnn3-c2ccc(F)cc2O)Nc2nccc(n2)-c2cc(F)cc3nc(C)n(c23)C1. The van der Waals surface area contributed by atoms with E-state index in [9.17, 15) is 14.3 Å². The second-order valence-corrected chi connectivity index (χ2v) is 15.2. The predicted octanol–water partition coefficient (Wildman–Crippen LogP) is 3.83. The van der Waals surface area contributed by atoms with E-state index in [1.165, 1.54) is 28.9 Å². The van der Waals surface area contributed by atoms with Gasteiger partial charge in [-0.2, -0.15) is 15.1 Å². The van der Waals surface area contributed by atoms with Gasteiger partial charge in [-0.1, -0.05) is 0 Å². The van der Waals surface area contributed by atoms with Gasteiger partial charge in [0.1, 0.15) is 40.8 Å². The number of phenolic OH excluding ortho intramolecular Hbond substituents is 1. The Morgan fingerprint density at radius 2 is 1.84 bits per heavy atom. The molecule has 2 N–H and O–H groups in total. The monoisotopic (exact) mass is 778 g/mol. The van der Waals surface area contributed by atoms with Crippen molar-refractivity contribution in [2.75, 3.05) is 55.1 Å². The number of imidazole rings is 1. The number of amides is 1. The quantitative estimate of drug-likeness (QED) is 0.260. The van der Waals surface area contributed by atoms with Gasteiger partial charge in [-0.25, -0.2) is 28.4 Å². The third kappa shape index (κ3) is 5.96. The van der Waals surface area contributed by atoms with Crippen molar-refractivity contribution in [1.82, 2.24) is 44.2 Å². The number of aryl methyl sites for hydroxylation is 1. The lowest BCUT2D eigenvalue weighted by molar-refractivity contribution is -0.133. The summed E-state index contributed by atoms with van der Waals surface area (Å²) >= 11 is 0. The topological polar surface area (TPSA) is 165 Å². The molecule has 0 radical (unpaired) electrons. The molecule has 10 rings (SSSR count). The minimum absolute atomic E-state index is 0.0821. The van der Waals surface area contributed by atoms with E-state index in [4.69, 9.17) is 29.4 Å². The van der Waals surface area contributed by atoms with Gasteiger partial charge in [0, 0.05) is 56.7 Å². The molecule has 1 amide bonds. The number of hydrogen-bond acceptors (Lipinski definition) is 13. The molecule has 3 saturated heterocycles. The Balaban J connectivity index is 1.11. The highest BCUT2D eigenvalue weighted by Gasteiger charge is 2.46. The Kier molecular flexibility index (Phi) is 8.44. The molecule has 2 aromatic carbocycles. The van der Waals surface area contributed by atoms with Crippen LogP contribution in [0.4, 0.5) is 26.5 Å². The number of phenols is 1. The first-order valence-electron chi connectivity index (χ1n) is 19.1. The molecule has 0 spiro atoms. The molecule has 57 heavy (non-hydrogen) atoms. The summed E-state index contributed by atoms with van der Waals surface area (Å²) in [6, 6.07) is 7.51. The van der Waals surface area contributed by atoms with Crippen LogP contribution in [0, 0.1) is 18.6 Å². The van der Waals surface area contributed by atoms with Gasteiger partial charge in [0.15, 0.2) is 5.65 Å². The molecule has 4 aliphatic heterocycles. The lowest BCUT2D eigenvalue weighted by Gasteiger charge is -2.52. The van der Waals surface area contributed by atoms with Gasteiger partial charge in [-0.15, -0.1) is 0 Å². The summed E-state index contributed by atoms with van der Waals surface area (Å²) < 4.78 is 44.8. The zero-order valence-corrected chi connectivity index (χ0v) is 31.5. The van der Waals surface area contributed by atoms with Gasteiger partial charge < -0.3 is 39.2 Å². The number of nitrogens with one attached hydrogen (secondary N) is 1. The van der Waals surface area contributed by atoms with E-state index in [1.807, 2.05) is 23.3 Å². The zero-order chi connectivity index (χ0) is 39.1. The van der Waals surface area contributed by atoms with Crippen molar-refractivity contribution in [3.63, 3.8) is 0 Å². The Morgan fingerprint density at radius 3 is 2.63 bits per heavy atom. The second-order valence-electron chi connectivity index (χ2n) is 15.2. The fourth-order valence-corrected chi connectivity index (χ4v) is 8.92. The normalized spacial score (nSPS) is 23.4. The maximum Gasteiger partial charge on any atom is 0.245 e. The first-order valence-corrected chi connectivity index (χ1v) is 19.1. The minimum atomic E-state index is -0.691. The van der Waals surface area contributed by atoms with Crippen LogP contribution in [0.25, 0.3) is 39.0 Å². The highest BCUT2D eigenvalue weighted by atomic mass is 19.1. The van der Waals surface area contributed by atoms with Gasteiger partial charge in [0.2, 0.25) is 17.8 Å². The molecular formula is C39H40F2N12O4. The largest absolute Gasteiger partial charge is 0.506 e. The summed E-state index contributed by atoms with van der Waals surface area (Å²) in [7, 11) is 1.77. The molecule has 6 aromatic rings. The zero-order valence-electron chi connectivity index (χ0n) is 31.5. The van der Waals surface area contributed by atoms with E-state index >= 15 is 4.39 Å². The molecule has 4 aromatic heterocycles. The van der Waals surface area contributed by atoms with Crippen LogP contribution in [0.2, 0.25) is 0 Å². The summed E-state index contributed by atoms with van der Waals surface area (Å²) in [5.41, 5.74) is 2.94. The van der Waals surface area contributed by atoms with E-state index in [-0.39, 0.29) is 42.0 Å². The van der Waals surface area contributed by atoms with Crippen molar-refractivity contribution in [1.29, 1.82) is 0 Å². The summed E-state index contributed by atoms with van der Waals surface area (Å²) in [5, 5.41) is 19.5. The number of likely N-dealkylation sites (N-methyl/N-ethyl adjacent to an activating group) is 1. The van der Waals surface area contributed by atoms with Crippen LogP contribution in [0.1, 0.15) is 25.6 Å². The van der Waals surface area contributed by atoms with E-state index in [1.54, 1.807) is 30.4 Å². The number of halogens is 2. The van der Waals surface area contributed by atoms with E-state index in [2.05, 4.69) is 20.3 Å². The molecule has 0 aliphatic carbocycles. The number of ether oxygens (including phenoxy) is 2. The molecule has 6 bridgehead atoms. The van der Waals surface area contributed by atoms with E-state index in [0.29, 0.717) is 90.7 Å². The molecule has 2 unspecified atom stereocenters. The average molecular weight is 779 g/mol. The Labute approximate surface area is 325 Å². The average Bonchev–Trinajstić information content (AvgIpc) is 3.89. The summed E-state index contributed by atoms with van der Waals surface area (Å²) in [6.07, 6.45) is 4.13. The van der Waals surface area contributed by atoms with E-state index in [0.717, 1.165) is 18.0 Å². The highest BCUT2D eigenvalue weighted by Crippen LogP contribution is 2.40. The van der Waals surface area contributed by atoms with Crippen LogP contribution in [0.15, 0.2) is 48.8 Å². The number of anilines is 3. The number of nitrogens with zero attached hydrogens (tertiary/aromatic N) is 11. The fourth-order valence-electron chi connectivity index (χ4n) is 8.92. The number of rotatable bonds is 5. The highest BCUT2D eigenvalue weighted by molar-refractivity contribution is 5.94. The first-order chi connectivity index (χ1) is 27.6. The first kappa shape index (κ1) is 35.4. The standard InChI is InChI=1S/C39H40F2N12O4/c1-4-57-26-16-49(3)37(55)32-12-23(45-38-42-8-7-29(46-38)27-9-22(41)10-30-34(27)50(17-26)20(2)44-30)15-51(32)35-28-14-43-53(31-6-5-21(40)11-33(31)54)36(28)48-39(47-35)52-24-13-25(52)19-56-18-24/h5-11,14,23-26,32,54H,4,12-13,15-19H2,1-3H3,(H,42,45,46)/t23-,24?,25?,26-,32-/m0/s1. The van der Waals surface area contributed by atoms with Crippen molar-refractivity contribution >= 4 is 45.7 Å². The summed E-state index contributed by atoms with van der Waals surface area (Å²) in [4.78, 5) is 44.9. The molecule has 294 valence electrons. The van der Waals surface area contributed by atoms with Crippen LogP contribution in [-0.4, -0.2) is 125 Å². The number of morpholine rings is 1. The van der Waals surface area contributed by atoms with Gasteiger partial charge in [0.25, 0.3) is 0 Å². The summed E-state index contributed by atoms with van der Waals surface area (Å²) in [5.74, 6) is 0.469. The summed E-state index contributed by atoms with van der Waals surface area (Å²) in [6.45, 7) is 6.22. The van der Waals surface area contributed by atoms with Crippen molar-refractivity contribution in [3.05, 3.63) is 66.3 Å². The molecule has 18 heteroatoms. The van der Waals surface area contributed by atoms with Crippen LogP contribution in [0.3, 0.4) is 0 Å². The fraction of sp³-hybridized carbons (Fsp3) is 0.410. The van der Waals surface area contributed by atoms with Gasteiger partial charge >= 0.3 is 0 Å². The number of carbonyl (C=O) groups excluding carboxylic acids is 1. The maximum atomic E-state index is 15.1. The van der Waals surface area contributed by atoms with Gasteiger partial charge in [-0.3, -0.25) is 4.79 Å². The molecule has 8 heterocycles. The number of aromatic nitrogens is 8. The molecular weight excluding hydrogens is 739 g/mol. The van der Waals surface area contributed by atoms with Gasteiger partial charge in [-0.05, 0) is 51.0 Å². The third-order valence-electron chi connectivity index (χ3n) is 11.5. The lowest BCUT2D eigenvalue weighted by atomic mass is 9.92. The Hall–Kier alpha value is -6.01. The number of aromatic hydroxyl groups is 1. The molecule has 5 atom stereocenters. The molecule has 4 aliphatic rings. The molecule has 3 fully saturated rings. The van der Waals surface area contributed by atoms with Crippen LogP contribution < -0.4 is 15.1 Å². The lowest BCUT2D eigenvalue weighted by Crippen LogP contribution is -2.64. The number of carbonyl (C=O) groups is 1. The third-order valence-corrected chi connectivity index (χ3v) is 11.5. The van der Waals surface area contributed by atoms with Crippen molar-refractivity contribution in [3.8, 4) is 22.7 Å². The van der Waals surface area contributed by atoms with Crippen LogP contribution in [0.5, 0.6) is 5.75 Å². The Bertz CT molecular complexity index is 2550. The van der Waals surface area contributed by atoms with Crippen LogP contribution in [-0.2, 0) is 20.8 Å². The Morgan fingerprint density at radius 1 is 1.00 bits per heavy atom. The smallest absolute Gasteiger partial charge is 0.245 e. The minimum Gasteiger partial charge on any atom is -0.506 e. The van der Waals surface area contributed by atoms with Crippen LogP contribution >= 0.6 is 0 Å².